The van der Waals surface area contributed by atoms with Gasteiger partial charge in [-0.05, 0) is 6.92 Å². The van der Waals surface area contributed by atoms with E-state index in [1.165, 1.54) is 0 Å². The average molecular weight is 174 g/mol. The van der Waals surface area contributed by atoms with Crippen LogP contribution in [0.25, 0.3) is 0 Å². The summed E-state index contributed by atoms with van der Waals surface area (Å²) >= 11 is 0. The van der Waals surface area contributed by atoms with E-state index in [-0.39, 0.29) is 6.61 Å². The highest BCUT2D eigenvalue weighted by Crippen LogP contribution is 1.99. The summed E-state index contributed by atoms with van der Waals surface area (Å²) in [5, 5.41) is 21.1. The van der Waals surface area contributed by atoms with Gasteiger partial charge in [0.1, 0.15) is 0 Å². The maximum atomic E-state index is 9.18. The molecule has 0 spiro atoms. The normalized spacial score (nSPS) is 28.8. The second-order valence-corrected chi connectivity index (χ2v) is 3.45. The van der Waals surface area contributed by atoms with Crippen molar-refractivity contribution in [3.63, 3.8) is 0 Å². The van der Waals surface area contributed by atoms with Crippen LogP contribution in [0, 0.1) is 0 Å². The van der Waals surface area contributed by atoms with Crippen LogP contribution in [0.2, 0.25) is 0 Å². The predicted molar refractivity (Wildman–Crippen MR) is 47.0 cm³/mol. The second-order valence-electron chi connectivity index (χ2n) is 3.45. The van der Waals surface area contributed by atoms with E-state index < -0.39 is 6.10 Å². The van der Waals surface area contributed by atoms with Crippen molar-refractivity contribution in [1.82, 2.24) is 10.2 Å². The first-order valence-corrected chi connectivity index (χ1v) is 4.47. The van der Waals surface area contributed by atoms with Gasteiger partial charge in [-0.25, -0.2) is 0 Å². The third-order valence-corrected chi connectivity index (χ3v) is 2.13. The molecule has 0 aromatic rings. The molecule has 3 N–H and O–H groups in total. The highest BCUT2D eigenvalue weighted by atomic mass is 16.3. The molecular formula is C8H18N2O2. The Bertz CT molecular complexity index is 132. The summed E-state index contributed by atoms with van der Waals surface area (Å²) in [6.45, 7) is 5.45. The summed E-state index contributed by atoms with van der Waals surface area (Å²) in [4.78, 5) is 2.17. The zero-order chi connectivity index (χ0) is 8.97. The lowest BCUT2D eigenvalue weighted by molar-refractivity contribution is 0.0508. The lowest BCUT2D eigenvalue weighted by atomic mass is 10.2. The van der Waals surface area contributed by atoms with Crippen molar-refractivity contribution < 1.29 is 10.2 Å². The van der Waals surface area contributed by atoms with Crippen LogP contribution < -0.4 is 5.32 Å². The lowest BCUT2D eigenvalue weighted by Crippen LogP contribution is -2.51. The largest absolute Gasteiger partial charge is 0.394 e. The summed E-state index contributed by atoms with van der Waals surface area (Å²) in [7, 11) is 0. The van der Waals surface area contributed by atoms with Crippen molar-refractivity contribution in [2.75, 3.05) is 32.8 Å². The molecule has 0 amide bonds. The van der Waals surface area contributed by atoms with E-state index in [9.17, 15) is 5.11 Å². The molecular weight excluding hydrogens is 156 g/mol. The van der Waals surface area contributed by atoms with Gasteiger partial charge in [-0.1, -0.05) is 0 Å². The van der Waals surface area contributed by atoms with Crippen molar-refractivity contribution >= 4 is 0 Å². The van der Waals surface area contributed by atoms with E-state index in [1.807, 2.05) is 0 Å². The summed E-state index contributed by atoms with van der Waals surface area (Å²) in [5.41, 5.74) is 0. The number of piperazine rings is 1. The fourth-order valence-electron chi connectivity index (χ4n) is 1.53. The smallest absolute Gasteiger partial charge is 0.0897 e. The molecule has 0 aromatic carbocycles. The van der Waals surface area contributed by atoms with Crippen LogP contribution in [0.3, 0.4) is 0 Å². The number of aliphatic hydroxyl groups excluding tert-OH is 2. The van der Waals surface area contributed by atoms with E-state index in [0.29, 0.717) is 12.6 Å². The van der Waals surface area contributed by atoms with Gasteiger partial charge in [0, 0.05) is 32.2 Å². The van der Waals surface area contributed by atoms with Crippen LogP contribution in [0.1, 0.15) is 6.92 Å². The Labute approximate surface area is 73.2 Å². The molecule has 4 heteroatoms. The number of nitrogens with one attached hydrogen (secondary N) is 1. The average Bonchev–Trinajstić information content (AvgIpc) is 2.04. The highest BCUT2D eigenvalue weighted by molar-refractivity contribution is 4.76. The van der Waals surface area contributed by atoms with Crippen LogP contribution in [0.5, 0.6) is 0 Å². The van der Waals surface area contributed by atoms with Crippen molar-refractivity contribution in [3.05, 3.63) is 0 Å². The van der Waals surface area contributed by atoms with Gasteiger partial charge in [-0.3, -0.25) is 4.90 Å². The van der Waals surface area contributed by atoms with Crippen LogP contribution in [0.4, 0.5) is 0 Å². The van der Waals surface area contributed by atoms with Gasteiger partial charge in [0.05, 0.1) is 12.7 Å². The summed E-state index contributed by atoms with van der Waals surface area (Å²) < 4.78 is 0. The van der Waals surface area contributed by atoms with E-state index >= 15 is 0 Å². The van der Waals surface area contributed by atoms with Gasteiger partial charge in [0.25, 0.3) is 0 Å². The Morgan fingerprint density at radius 1 is 1.67 bits per heavy atom. The molecule has 0 aromatic heterocycles. The lowest BCUT2D eigenvalue weighted by Gasteiger charge is -2.32. The zero-order valence-corrected chi connectivity index (χ0v) is 7.53. The summed E-state index contributed by atoms with van der Waals surface area (Å²) in [6.07, 6.45) is -0.588. The molecule has 72 valence electrons. The minimum Gasteiger partial charge on any atom is -0.394 e. The maximum Gasteiger partial charge on any atom is 0.0897 e. The van der Waals surface area contributed by atoms with E-state index in [4.69, 9.17) is 5.11 Å². The number of rotatable bonds is 3. The SMILES string of the molecule is C[C@H]1CN(CC(O)CO)CCN1. The number of β-amino-alcohol motifs (C(OH)–C–C–N with tert-alkyl or cyclic N) is 1. The van der Waals surface area contributed by atoms with Gasteiger partial charge < -0.3 is 15.5 Å². The van der Waals surface area contributed by atoms with Crippen LogP contribution in [-0.2, 0) is 0 Å². The molecule has 1 heterocycles. The monoisotopic (exact) mass is 174 g/mol. The van der Waals surface area contributed by atoms with Crippen molar-refractivity contribution in [3.8, 4) is 0 Å². The summed E-state index contributed by atoms with van der Waals surface area (Å²) in [5.74, 6) is 0. The Morgan fingerprint density at radius 2 is 2.42 bits per heavy atom. The predicted octanol–water partition coefficient (Wildman–Crippen LogP) is -1.37. The topological polar surface area (TPSA) is 55.7 Å². The molecule has 0 bridgehead atoms. The van der Waals surface area contributed by atoms with Gasteiger partial charge in [-0.2, -0.15) is 0 Å². The van der Waals surface area contributed by atoms with Crippen LogP contribution >= 0.6 is 0 Å². The molecule has 4 nitrogen and oxygen atoms in total. The molecule has 1 saturated heterocycles. The van der Waals surface area contributed by atoms with E-state index in [2.05, 4.69) is 17.1 Å². The van der Waals surface area contributed by atoms with Gasteiger partial charge in [0.2, 0.25) is 0 Å². The maximum absolute atomic E-state index is 9.18. The van der Waals surface area contributed by atoms with Crippen molar-refractivity contribution in [1.29, 1.82) is 0 Å². The molecule has 1 aliphatic heterocycles. The molecule has 1 unspecified atom stereocenters. The quantitative estimate of drug-likeness (QED) is 0.494. The first kappa shape index (κ1) is 9.92. The third-order valence-electron chi connectivity index (χ3n) is 2.13. The zero-order valence-electron chi connectivity index (χ0n) is 7.53. The highest BCUT2D eigenvalue weighted by Gasteiger charge is 2.17. The number of aliphatic hydroxyl groups is 2. The first-order valence-electron chi connectivity index (χ1n) is 4.47. The fourth-order valence-corrected chi connectivity index (χ4v) is 1.53. The number of hydrogen-bond donors (Lipinski definition) is 3. The fraction of sp³-hybridized carbons (Fsp3) is 1.00. The van der Waals surface area contributed by atoms with E-state index in [0.717, 1.165) is 19.6 Å². The number of nitrogens with zero attached hydrogens (tertiary/aromatic N) is 1. The van der Waals surface area contributed by atoms with Gasteiger partial charge in [-0.15, -0.1) is 0 Å². The van der Waals surface area contributed by atoms with Crippen LogP contribution in [-0.4, -0.2) is 60.0 Å². The Hall–Kier alpha value is -0.160. The molecule has 1 fully saturated rings. The van der Waals surface area contributed by atoms with Gasteiger partial charge in [0.15, 0.2) is 0 Å². The van der Waals surface area contributed by atoms with E-state index in [1.54, 1.807) is 0 Å². The molecule has 0 radical (unpaired) electrons. The molecule has 0 saturated carbocycles. The van der Waals surface area contributed by atoms with Crippen molar-refractivity contribution in [2.24, 2.45) is 0 Å². The summed E-state index contributed by atoms with van der Waals surface area (Å²) in [6, 6.07) is 0.490. The Balaban J connectivity index is 2.22. The molecule has 1 rings (SSSR count). The molecule has 12 heavy (non-hydrogen) atoms. The number of hydrogen-bond acceptors (Lipinski definition) is 4. The van der Waals surface area contributed by atoms with Gasteiger partial charge >= 0.3 is 0 Å². The first-order chi connectivity index (χ1) is 5.72. The molecule has 2 atom stereocenters. The van der Waals surface area contributed by atoms with Crippen molar-refractivity contribution in [2.45, 2.75) is 19.1 Å². The Morgan fingerprint density at radius 3 is 3.00 bits per heavy atom. The molecule has 1 aliphatic rings. The van der Waals surface area contributed by atoms with Crippen LogP contribution in [0.15, 0.2) is 0 Å². The third kappa shape index (κ3) is 3.06. The minimum absolute atomic E-state index is 0.141. The molecule has 0 aliphatic carbocycles. The standard InChI is InChI=1S/C8H18N2O2/c1-7-4-10(3-2-9-7)5-8(12)6-11/h7-9,11-12H,2-6H2,1H3/t7-,8?/m0/s1. The minimum atomic E-state index is -0.588. The second kappa shape index (κ2) is 4.77. The Kier molecular flexibility index (Phi) is 3.94.